The fourth-order valence-electron chi connectivity index (χ4n) is 2.06. The predicted molar refractivity (Wildman–Crippen MR) is 96.5 cm³/mol. The maximum atomic E-state index is 11.8. The Bertz CT molecular complexity index is 892. The van der Waals surface area contributed by atoms with Gasteiger partial charge in [0, 0.05) is 5.02 Å². The largest absolute Gasteiger partial charge is 0.484 e. The highest BCUT2D eigenvalue weighted by Gasteiger charge is 2.04. The van der Waals surface area contributed by atoms with E-state index >= 15 is 0 Å². The first-order chi connectivity index (χ1) is 12.6. The highest BCUT2D eigenvalue weighted by molar-refractivity contribution is 6.30. The molecule has 0 atom stereocenters. The van der Waals surface area contributed by atoms with E-state index in [2.05, 4.69) is 26.1 Å². The maximum Gasteiger partial charge on any atom is 0.277 e. The van der Waals surface area contributed by atoms with Gasteiger partial charge in [-0.05, 0) is 59.3 Å². The van der Waals surface area contributed by atoms with Crippen molar-refractivity contribution < 1.29 is 9.53 Å². The average Bonchev–Trinajstić information content (AvgIpc) is 3.20. The number of carbonyl (C=O) groups excluding carboxylic acids is 1. The first-order valence-corrected chi connectivity index (χ1v) is 8.05. The molecule has 9 heteroatoms. The Balaban J connectivity index is 1.54. The van der Waals surface area contributed by atoms with Gasteiger partial charge in [-0.1, -0.05) is 23.7 Å². The van der Waals surface area contributed by atoms with Gasteiger partial charge in [-0.25, -0.2) is 10.1 Å². The Hall–Kier alpha value is -3.26. The minimum absolute atomic E-state index is 0.142. The number of nitrogens with one attached hydrogen (secondary N) is 1. The number of aromatic nitrogens is 4. The van der Waals surface area contributed by atoms with Crippen LogP contribution in [0.5, 0.6) is 5.75 Å². The molecule has 0 radical (unpaired) electrons. The number of benzene rings is 2. The molecule has 132 valence electrons. The van der Waals surface area contributed by atoms with Crippen LogP contribution in [0.4, 0.5) is 0 Å². The normalized spacial score (nSPS) is 11.2. The van der Waals surface area contributed by atoms with Gasteiger partial charge in [-0.15, -0.1) is 5.10 Å². The molecule has 1 heterocycles. The van der Waals surface area contributed by atoms with Crippen molar-refractivity contribution >= 4 is 23.2 Å². The van der Waals surface area contributed by atoms with E-state index in [4.69, 9.17) is 16.3 Å². The van der Waals surface area contributed by atoms with Crippen LogP contribution in [0, 0.1) is 0 Å². The summed E-state index contributed by atoms with van der Waals surface area (Å²) < 4.78 is 6.90. The Morgan fingerprint density at radius 1 is 1.19 bits per heavy atom. The van der Waals surface area contributed by atoms with Crippen LogP contribution >= 0.6 is 11.6 Å². The lowest BCUT2D eigenvalue weighted by Gasteiger charge is -2.06. The van der Waals surface area contributed by atoms with Gasteiger partial charge in [0.15, 0.2) is 6.61 Å². The lowest BCUT2D eigenvalue weighted by atomic mass is 10.1. The van der Waals surface area contributed by atoms with E-state index in [1.54, 1.807) is 35.9 Å². The molecule has 0 bridgehead atoms. The SMILES string of the molecule is C/C(=N\NC(=O)COc1ccc(Cl)cc1)c1ccc(-n2cnnn2)cc1. The molecule has 2 aromatic carbocycles. The molecule has 3 aromatic rings. The highest BCUT2D eigenvalue weighted by atomic mass is 35.5. The molecule has 3 rings (SSSR count). The van der Waals surface area contributed by atoms with Gasteiger partial charge in [0.2, 0.25) is 0 Å². The number of hydrogen-bond acceptors (Lipinski definition) is 6. The number of ether oxygens (including phenoxy) is 1. The quantitative estimate of drug-likeness (QED) is 0.530. The Morgan fingerprint density at radius 3 is 2.58 bits per heavy atom. The topological polar surface area (TPSA) is 94.3 Å². The number of rotatable bonds is 6. The molecule has 8 nitrogen and oxygen atoms in total. The van der Waals surface area contributed by atoms with E-state index in [1.807, 2.05) is 24.3 Å². The molecule has 1 aromatic heterocycles. The molecular weight excluding hydrogens is 356 g/mol. The van der Waals surface area contributed by atoms with Crippen molar-refractivity contribution in [2.24, 2.45) is 5.10 Å². The number of halogens is 1. The van der Waals surface area contributed by atoms with Crippen molar-refractivity contribution in [3.63, 3.8) is 0 Å². The van der Waals surface area contributed by atoms with E-state index in [9.17, 15) is 4.79 Å². The second-order valence-electron chi connectivity index (χ2n) is 5.28. The molecule has 26 heavy (non-hydrogen) atoms. The number of hydrogen-bond donors (Lipinski definition) is 1. The number of hydrazone groups is 1. The molecule has 0 aliphatic rings. The van der Waals surface area contributed by atoms with Crippen LogP contribution in [0.1, 0.15) is 12.5 Å². The highest BCUT2D eigenvalue weighted by Crippen LogP contribution is 2.15. The minimum atomic E-state index is -0.357. The smallest absolute Gasteiger partial charge is 0.277 e. The van der Waals surface area contributed by atoms with Crippen LogP contribution in [0.3, 0.4) is 0 Å². The van der Waals surface area contributed by atoms with E-state index in [-0.39, 0.29) is 12.5 Å². The second-order valence-corrected chi connectivity index (χ2v) is 5.71. The molecule has 0 aliphatic carbocycles. The standard InChI is InChI=1S/C17H15ClN6O2/c1-12(13-2-6-15(7-3-13)24-11-19-22-23-24)20-21-17(25)10-26-16-8-4-14(18)5-9-16/h2-9,11H,10H2,1H3,(H,21,25)/b20-12+. The van der Waals surface area contributed by atoms with Crippen LogP contribution in [0.2, 0.25) is 5.02 Å². The van der Waals surface area contributed by atoms with E-state index in [1.165, 1.54) is 6.33 Å². The fourth-order valence-corrected chi connectivity index (χ4v) is 2.18. The van der Waals surface area contributed by atoms with Gasteiger partial charge < -0.3 is 4.74 Å². The van der Waals surface area contributed by atoms with Gasteiger partial charge in [0.05, 0.1) is 11.4 Å². The fraction of sp³-hybridized carbons (Fsp3) is 0.118. The predicted octanol–water partition coefficient (Wildman–Crippen LogP) is 2.23. The van der Waals surface area contributed by atoms with Gasteiger partial charge in [-0.3, -0.25) is 4.79 Å². The van der Waals surface area contributed by atoms with Crippen LogP contribution in [0.15, 0.2) is 60.0 Å². The lowest BCUT2D eigenvalue weighted by Crippen LogP contribution is -2.25. The molecule has 0 aliphatic heterocycles. The molecule has 0 saturated carbocycles. The third-order valence-electron chi connectivity index (χ3n) is 3.43. The van der Waals surface area contributed by atoms with Gasteiger partial charge in [0.1, 0.15) is 12.1 Å². The van der Waals surface area contributed by atoms with Gasteiger partial charge in [-0.2, -0.15) is 5.10 Å². The molecule has 0 saturated heterocycles. The Labute approximate surface area is 154 Å². The summed E-state index contributed by atoms with van der Waals surface area (Å²) in [7, 11) is 0. The van der Waals surface area contributed by atoms with Crippen LogP contribution in [-0.4, -0.2) is 38.4 Å². The number of tetrazole rings is 1. The average molecular weight is 371 g/mol. The van der Waals surface area contributed by atoms with Crippen molar-refractivity contribution in [1.29, 1.82) is 0 Å². The Morgan fingerprint density at radius 2 is 1.92 bits per heavy atom. The van der Waals surface area contributed by atoms with Crippen LogP contribution < -0.4 is 10.2 Å². The van der Waals surface area contributed by atoms with Crippen molar-refractivity contribution in [1.82, 2.24) is 25.6 Å². The van der Waals surface area contributed by atoms with Crippen molar-refractivity contribution in [3.8, 4) is 11.4 Å². The Kier molecular flexibility index (Phi) is 5.55. The summed E-state index contributed by atoms with van der Waals surface area (Å²) >= 11 is 5.79. The second kappa shape index (κ2) is 8.21. The molecule has 0 unspecified atom stereocenters. The molecule has 0 spiro atoms. The zero-order chi connectivity index (χ0) is 18.4. The zero-order valence-electron chi connectivity index (χ0n) is 13.8. The molecular formula is C17H15ClN6O2. The van der Waals surface area contributed by atoms with Gasteiger partial charge in [0.25, 0.3) is 5.91 Å². The van der Waals surface area contributed by atoms with E-state index in [0.717, 1.165) is 11.3 Å². The third kappa shape index (κ3) is 4.64. The molecule has 1 N–H and O–H groups in total. The molecule has 1 amide bonds. The van der Waals surface area contributed by atoms with Crippen molar-refractivity contribution in [2.45, 2.75) is 6.92 Å². The maximum absolute atomic E-state index is 11.8. The lowest BCUT2D eigenvalue weighted by molar-refractivity contribution is -0.123. The van der Waals surface area contributed by atoms with E-state index < -0.39 is 0 Å². The summed E-state index contributed by atoms with van der Waals surface area (Å²) in [6.07, 6.45) is 1.51. The van der Waals surface area contributed by atoms with Crippen molar-refractivity contribution in [2.75, 3.05) is 6.61 Å². The first kappa shape index (κ1) is 17.6. The third-order valence-corrected chi connectivity index (χ3v) is 3.68. The number of amides is 1. The first-order valence-electron chi connectivity index (χ1n) is 7.67. The van der Waals surface area contributed by atoms with Crippen molar-refractivity contribution in [3.05, 3.63) is 65.4 Å². The summed E-state index contributed by atoms with van der Waals surface area (Å²) in [5.41, 5.74) is 4.81. The van der Waals surface area contributed by atoms with Crippen LogP contribution in [0.25, 0.3) is 5.69 Å². The summed E-state index contributed by atoms with van der Waals surface area (Å²) in [5, 5.41) is 15.7. The molecule has 0 fully saturated rings. The zero-order valence-corrected chi connectivity index (χ0v) is 14.6. The summed E-state index contributed by atoms with van der Waals surface area (Å²) in [6.45, 7) is 1.66. The summed E-state index contributed by atoms with van der Waals surface area (Å²) in [5.74, 6) is 0.202. The summed E-state index contributed by atoms with van der Waals surface area (Å²) in [6, 6.07) is 14.2. The minimum Gasteiger partial charge on any atom is -0.484 e. The number of carbonyl (C=O) groups is 1. The van der Waals surface area contributed by atoms with Crippen LogP contribution in [-0.2, 0) is 4.79 Å². The van der Waals surface area contributed by atoms with Gasteiger partial charge >= 0.3 is 0 Å². The number of nitrogens with zero attached hydrogens (tertiary/aromatic N) is 5. The van der Waals surface area contributed by atoms with E-state index in [0.29, 0.717) is 16.5 Å². The monoisotopic (exact) mass is 370 g/mol. The summed E-state index contributed by atoms with van der Waals surface area (Å²) in [4.78, 5) is 11.8.